The Morgan fingerprint density at radius 3 is 2.62 bits per heavy atom. The van der Waals surface area contributed by atoms with Gasteiger partial charge in [0.25, 0.3) is 0 Å². The van der Waals surface area contributed by atoms with Gasteiger partial charge >= 0.3 is 0 Å². The Labute approximate surface area is 84.5 Å². The van der Waals surface area contributed by atoms with Crippen LogP contribution >= 0.6 is 15.9 Å². The van der Waals surface area contributed by atoms with E-state index in [0.717, 1.165) is 0 Å². The summed E-state index contributed by atoms with van der Waals surface area (Å²) in [5.41, 5.74) is 7.16. The molecule has 1 aromatic rings. The van der Waals surface area contributed by atoms with Gasteiger partial charge in [-0.05, 0) is 28.1 Å². The fourth-order valence-electron chi connectivity index (χ4n) is 1.03. The first-order valence-electron chi connectivity index (χ1n) is 3.54. The Kier molecular flexibility index (Phi) is 2.89. The molecule has 0 saturated heterocycles. The summed E-state index contributed by atoms with van der Waals surface area (Å²) < 4.78 is 0.675. The zero-order chi connectivity index (χ0) is 9.84. The van der Waals surface area contributed by atoms with E-state index in [1.54, 1.807) is 12.1 Å². The van der Waals surface area contributed by atoms with Crippen LogP contribution in [0.15, 0.2) is 16.6 Å². The van der Waals surface area contributed by atoms with E-state index < -0.39 is 0 Å². The third kappa shape index (κ3) is 1.80. The number of rotatable bonds is 1. The SMILES string of the molecule is N#CCc1c(N)ccc(Br)c1C#N. The van der Waals surface area contributed by atoms with Crippen LogP contribution in [0.2, 0.25) is 0 Å². The zero-order valence-electron chi connectivity index (χ0n) is 6.71. The number of halogens is 1. The van der Waals surface area contributed by atoms with E-state index in [9.17, 15) is 0 Å². The van der Waals surface area contributed by atoms with Gasteiger partial charge < -0.3 is 5.73 Å². The van der Waals surface area contributed by atoms with E-state index in [1.165, 1.54) is 0 Å². The predicted molar refractivity (Wildman–Crippen MR) is 52.6 cm³/mol. The van der Waals surface area contributed by atoms with Crippen molar-refractivity contribution in [3.63, 3.8) is 0 Å². The van der Waals surface area contributed by atoms with Gasteiger partial charge in [0.1, 0.15) is 6.07 Å². The number of benzene rings is 1. The van der Waals surface area contributed by atoms with Gasteiger partial charge in [0.15, 0.2) is 0 Å². The van der Waals surface area contributed by atoms with Crippen molar-refractivity contribution in [2.75, 3.05) is 5.73 Å². The molecule has 13 heavy (non-hydrogen) atoms. The van der Waals surface area contributed by atoms with Crippen molar-refractivity contribution in [1.29, 1.82) is 10.5 Å². The number of nitrogens with zero attached hydrogens (tertiary/aromatic N) is 2. The third-order valence-electron chi connectivity index (χ3n) is 1.67. The molecule has 0 radical (unpaired) electrons. The molecular formula is C9H6BrN3. The quantitative estimate of drug-likeness (QED) is 0.757. The molecule has 0 aliphatic heterocycles. The lowest BCUT2D eigenvalue weighted by molar-refractivity contribution is 1.24. The Balaban J connectivity index is 3.39. The molecule has 1 rings (SSSR count). The van der Waals surface area contributed by atoms with Crippen LogP contribution in [0.1, 0.15) is 11.1 Å². The second-order valence-electron chi connectivity index (χ2n) is 2.44. The highest BCUT2D eigenvalue weighted by molar-refractivity contribution is 9.10. The van der Waals surface area contributed by atoms with Gasteiger partial charge in [-0.2, -0.15) is 10.5 Å². The van der Waals surface area contributed by atoms with Gasteiger partial charge in [-0.25, -0.2) is 0 Å². The van der Waals surface area contributed by atoms with Gasteiger partial charge in [-0.3, -0.25) is 0 Å². The zero-order valence-corrected chi connectivity index (χ0v) is 8.30. The summed E-state index contributed by atoms with van der Waals surface area (Å²) in [6.07, 6.45) is 0.161. The van der Waals surface area contributed by atoms with Gasteiger partial charge in [-0.1, -0.05) is 0 Å². The lowest BCUT2D eigenvalue weighted by Gasteiger charge is -2.04. The normalized spacial score (nSPS) is 8.85. The Bertz CT molecular complexity index is 412. The Morgan fingerprint density at radius 1 is 1.38 bits per heavy atom. The molecule has 0 bridgehead atoms. The lowest BCUT2D eigenvalue weighted by atomic mass is 10.0. The molecular weight excluding hydrogens is 230 g/mol. The van der Waals surface area contributed by atoms with E-state index in [1.807, 2.05) is 12.1 Å². The number of nitrogen functional groups attached to an aromatic ring is 1. The van der Waals surface area contributed by atoms with E-state index in [-0.39, 0.29) is 6.42 Å². The molecule has 0 aromatic heterocycles. The number of hydrogen-bond donors (Lipinski definition) is 1. The molecule has 1 aromatic carbocycles. The second kappa shape index (κ2) is 3.93. The predicted octanol–water partition coefficient (Wildman–Crippen LogP) is 1.97. The van der Waals surface area contributed by atoms with Crippen molar-refractivity contribution < 1.29 is 0 Å². The molecule has 0 unspecified atom stereocenters. The number of anilines is 1. The molecule has 3 nitrogen and oxygen atoms in total. The highest BCUT2D eigenvalue weighted by atomic mass is 79.9. The van der Waals surface area contributed by atoms with E-state index in [4.69, 9.17) is 16.3 Å². The van der Waals surface area contributed by atoms with Crippen LogP contribution < -0.4 is 5.73 Å². The highest BCUT2D eigenvalue weighted by Crippen LogP contribution is 2.25. The summed E-state index contributed by atoms with van der Waals surface area (Å²) in [6.45, 7) is 0. The first-order chi connectivity index (χ1) is 6.20. The van der Waals surface area contributed by atoms with E-state index in [2.05, 4.69) is 15.9 Å². The first-order valence-corrected chi connectivity index (χ1v) is 4.34. The second-order valence-corrected chi connectivity index (χ2v) is 3.29. The summed E-state index contributed by atoms with van der Waals surface area (Å²) >= 11 is 3.22. The summed E-state index contributed by atoms with van der Waals surface area (Å²) in [6, 6.07) is 7.37. The fourth-order valence-corrected chi connectivity index (χ4v) is 1.49. The average Bonchev–Trinajstić information content (AvgIpc) is 2.12. The maximum atomic E-state index is 8.81. The lowest BCUT2D eigenvalue weighted by Crippen LogP contribution is -1.97. The van der Waals surface area contributed by atoms with Crippen molar-refractivity contribution in [3.05, 3.63) is 27.7 Å². The first kappa shape index (κ1) is 9.57. The van der Waals surface area contributed by atoms with Crippen molar-refractivity contribution >= 4 is 21.6 Å². The minimum atomic E-state index is 0.161. The van der Waals surface area contributed by atoms with Crippen LogP contribution in [0, 0.1) is 22.7 Å². The van der Waals surface area contributed by atoms with Crippen LogP contribution in [0.3, 0.4) is 0 Å². The molecule has 4 heteroatoms. The van der Waals surface area contributed by atoms with E-state index >= 15 is 0 Å². The molecule has 0 saturated carbocycles. The van der Waals surface area contributed by atoms with Crippen LogP contribution in [0.25, 0.3) is 0 Å². The average molecular weight is 236 g/mol. The topological polar surface area (TPSA) is 73.6 Å². The molecule has 0 fully saturated rings. The maximum Gasteiger partial charge on any atom is 0.101 e. The molecule has 0 heterocycles. The minimum Gasteiger partial charge on any atom is -0.398 e. The van der Waals surface area contributed by atoms with Gasteiger partial charge in [0, 0.05) is 15.7 Å². The van der Waals surface area contributed by atoms with Crippen molar-refractivity contribution in [2.45, 2.75) is 6.42 Å². The largest absolute Gasteiger partial charge is 0.398 e. The summed E-state index contributed by atoms with van der Waals surface area (Å²) in [5.74, 6) is 0. The van der Waals surface area contributed by atoms with Crippen molar-refractivity contribution in [3.8, 4) is 12.1 Å². The van der Waals surface area contributed by atoms with Gasteiger partial charge in [-0.15, -0.1) is 0 Å². The number of hydrogen-bond acceptors (Lipinski definition) is 3. The minimum absolute atomic E-state index is 0.161. The van der Waals surface area contributed by atoms with Crippen LogP contribution in [0.4, 0.5) is 5.69 Å². The van der Waals surface area contributed by atoms with Gasteiger partial charge in [0.2, 0.25) is 0 Å². The Hall–Kier alpha value is -1.52. The van der Waals surface area contributed by atoms with E-state index in [0.29, 0.717) is 21.3 Å². The summed E-state index contributed by atoms with van der Waals surface area (Å²) in [7, 11) is 0. The molecule has 2 N–H and O–H groups in total. The third-order valence-corrected chi connectivity index (χ3v) is 2.33. The standard InChI is InChI=1S/C9H6BrN3/c10-8-1-2-9(13)6(3-4-11)7(8)5-12/h1-2H,3,13H2. The maximum absolute atomic E-state index is 8.81. The highest BCUT2D eigenvalue weighted by Gasteiger charge is 2.09. The van der Waals surface area contributed by atoms with Crippen LogP contribution in [-0.2, 0) is 6.42 Å². The molecule has 64 valence electrons. The summed E-state index contributed by atoms with van der Waals surface area (Å²) in [4.78, 5) is 0. The monoisotopic (exact) mass is 235 g/mol. The molecule has 0 aliphatic carbocycles. The van der Waals surface area contributed by atoms with Gasteiger partial charge in [0.05, 0.1) is 18.1 Å². The van der Waals surface area contributed by atoms with Crippen molar-refractivity contribution in [1.82, 2.24) is 0 Å². The number of nitriles is 2. The molecule has 0 spiro atoms. The Morgan fingerprint density at radius 2 is 2.08 bits per heavy atom. The van der Waals surface area contributed by atoms with Crippen LogP contribution in [-0.4, -0.2) is 0 Å². The molecule has 0 amide bonds. The van der Waals surface area contributed by atoms with Crippen LogP contribution in [0.5, 0.6) is 0 Å². The number of nitrogens with two attached hydrogens (primary N) is 1. The fraction of sp³-hybridized carbons (Fsp3) is 0.111. The molecule has 0 aliphatic rings. The van der Waals surface area contributed by atoms with Crippen molar-refractivity contribution in [2.24, 2.45) is 0 Å². The smallest absolute Gasteiger partial charge is 0.101 e. The summed E-state index contributed by atoms with van der Waals surface area (Å²) in [5, 5.41) is 17.3. The molecule has 0 atom stereocenters.